The van der Waals surface area contributed by atoms with E-state index in [-0.39, 0.29) is 5.56 Å². The molecule has 0 amide bonds. The van der Waals surface area contributed by atoms with E-state index >= 15 is 0 Å². The highest BCUT2D eigenvalue weighted by molar-refractivity contribution is 5.78. The molecular formula is C12H14N2O. The van der Waals surface area contributed by atoms with E-state index in [1.165, 1.54) is 0 Å². The SMILES string of the molecule is CC(C)c1cc(=O)n(C)c2cccnc12. The van der Waals surface area contributed by atoms with Gasteiger partial charge < -0.3 is 4.57 Å². The van der Waals surface area contributed by atoms with Crippen LogP contribution in [-0.2, 0) is 7.05 Å². The number of nitrogens with zero attached hydrogens (tertiary/aromatic N) is 2. The molecule has 2 rings (SSSR count). The minimum atomic E-state index is 0.0270. The number of fused-ring (bicyclic) bond motifs is 1. The first kappa shape index (κ1) is 9.90. The highest BCUT2D eigenvalue weighted by Crippen LogP contribution is 2.20. The van der Waals surface area contributed by atoms with E-state index < -0.39 is 0 Å². The molecule has 2 aromatic heterocycles. The molecule has 3 nitrogen and oxygen atoms in total. The Morgan fingerprint density at radius 2 is 2.13 bits per heavy atom. The molecule has 0 aliphatic heterocycles. The van der Waals surface area contributed by atoms with Crippen LogP contribution in [0, 0.1) is 0 Å². The Hall–Kier alpha value is -1.64. The Morgan fingerprint density at radius 3 is 2.80 bits per heavy atom. The van der Waals surface area contributed by atoms with Crippen molar-refractivity contribution in [2.75, 3.05) is 0 Å². The van der Waals surface area contributed by atoms with Gasteiger partial charge in [-0.3, -0.25) is 9.78 Å². The summed E-state index contributed by atoms with van der Waals surface area (Å²) in [4.78, 5) is 16.0. The van der Waals surface area contributed by atoms with E-state index in [0.29, 0.717) is 5.92 Å². The third-order valence-electron chi connectivity index (χ3n) is 2.65. The van der Waals surface area contributed by atoms with Crippen molar-refractivity contribution >= 4 is 11.0 Å². The number of pyridine rings is 2. The maximum atomic E-state index is 11.7. The second-order valence-electron chi connectivity index (χ2n) is 4.02. The van der Waals surface area contributed by atoms with Crippen LogP contribution in [0.4, 0.5) is 0 Å². The Kier molecular flexibility index (Phi) is 2.31. The van der Waals surface area contributed by atoms with Gasteiger partial charge in [0.15, 0.2) is 0 Å². The molecule has 0 saturated carbocycles. The lowest BCUT2D eigenvalue weighted by atomic mass is 10.0. The van der Waals surface area contributed by atoms with Gasteiger partial charge in [0, 0.05) is 19.3 Å². The molecule has 2 heterocycles. The van der Waals surface area contributed by atoms with Crippen LogP contribution in [0.15, 0.2) is 29.2 Å². The van der Waals surface area contributed by atoms with Crippen molar-refractivity contribution in [3.8, 4) is 0 Å². The number of rotatable bonds is 1. The molecule has 2 aromatic rings. The minimum absolute atomic E-state index is 0.0270. The smallest absolute Gasteiger partial charge is 0.251 e. The average molecular weight is 202 g/mol. The standard InChI is InChI=1S/C12H14N2O/c1-8(2)9-7-11(15)14(3)10-5-4-6-13-12(9)10/h4-8H,1-3H3. The molecule has 0 spiro atoms. The quantitative estimate of drug-likeness (QED) is 0.709. The Bertz CT molecular complexity index is 555. The van der Waals surface area contributed by atoms with Gasteiger partial charge in [-0.15, -0.1) is 0 Å². The molecule has 0 atom stereocenters. The van der Waals surface area contributed by atoms with Crippen LogP contribution < -0.4 is 5.56 Å². The molecular weight excluding hydrogens is 188 g/mol. The number of aryl methyl sites for hydroxylation is 1. The highest BCUT2D eigenvalue weighted by Gasteiger charge is 2.09. The second-order valence-corrected chi connectivity index (χ2v) is 4.02. The van der Waals surface area contributed by atoms with Gasteiger partial charge in [-0.1, -0.05) is 13.8 Å². The van der Waals surface area contributed by atoms with Crippen LogP contribution in [0.3, 0.4) is 0 Å². The van der Waals surface area contributed by atoms with E-state index in [0.717, 1.165) is 16.6 Å². The molecule has 0 aliphatic carbocycles. The molecule has 0 unspecified atom stereocenters. The zero-order valence-electron chi connectivity index (χ0n) is 9.19. The summed E-state index contributed by atoms with van der Waals surface area (Å²) >= 11 is 0. The molecule has 0 saturated heterocycles. The van der Waals surface area contributed by atoms with Crippen LogP contribution in [0.1, 0.15) is 25.3 Å². The molecule has 78 valence electrons. The summed E-state index contributed by atoms with van der Waals surface area (Å²) in [6.07, 6.45) is 1.76. The van der Waals surface area contributed by atoms with E-state index in [2.05, 4.69) is 18.8 Å². The first-order chi connectivity index (χ1) is 7.11. The van der Waals surface area contributed by atoms with Gasteiger partial charge in [0.1, 0.15) is 0 Å². The predicted molar refractivity (Wildman–Crippen MR) is 61.1 cm³/mol. The van der Waals surface area contributed by atoms with Crippen LogP contribution >= 0.6 is 0 Å². The Morgan fingerprint density at radius 1 is 1.40 bits per heavy atom. The number of aromatic nitrogens is 2. The first-order valence-electron chi connectivity index (χ1n) is 5.06. The maximum absolute atomic E-state index is 11.7. The lowest BCUT2D eigenvalue weighted by Gasteiger charge is -2.11. The summed E-state index contributed by atoms with van der Waals surface area (Å²) in [5.74, 6) is 0.316. The third-order valence-corrected chi connectivity index (χ3v) is 2.65. The molecule has 3 heteroatoms. The van der Waals surface area contributed by atoms with Crippen LogP contribution in [0.2, 0.25) is 0 Å². The lowest BCUT2D eigenvalue weighted by Crippen LogP contribution is -2.18. The predicted octanol–water partition coefficient (Wildman–Crippen LogP) is 2.06. The average Bonchev–Trinajstić information content (AvgIpc) is 2.23. The van der Waals surface area contributed by atoms with Gasteiger partial charge in [-0.25, -0.2) is 0 Å². The van der Waals surface area contributed by atoms with Gasteiger partial charge in [-0.05, 0) is 23.6 Å². The molecule has 0 aliphatic rings. The third kappa shape index (κ3) is 1.54. The Labute approximate surface area is 88.4 Å². The molecule has 0 aromatic carbocycles. The van der Waals surface area contributed by atoms with Crippen LogP contribution in [0.5, 0.6) is 0 Å². The van der Waals surface area contributed by atoms with Crippen molar-refractivity contribution in [2.24, 2.45) is 7.05 Å². The summed E-state index contributed by atoms with van der Waals surface area (Å²) in [5, 5.41) is 0. The molecule has 0 N–H and O–H groups in total. The number of hydrogen-bond acceptors (Lipinski definition) is 2. The monoisotopic (exact) mass is 202 g/mol. The zero-order chi connectivity index (χ0) is 11.0. The lowest BCUT2D eigenvalue weighted by molar-refractivity contribution is 0.841. The van der Waals surface area contributed by atoms with Crippen molar-refractivity contribution in [3.05, 3.63) is 40.3 Å². The minimum Gasteiger partial charge on any atom is -0.310 e. The molecule has 15 heavy (non-hydrogen) atoms. The van der Waals surface area contributed by atoms with E-state index in [1.54, 1.807) is 23.9 Å². The van der Waals surface area contributed by atoms with Crippen LogP contribution in [-0.4, -0.2) is 9.55 Å². The molecule has 0 fully saturated rings. The van der Waals surface area contributed by atoms with Crippen molar-refractivity contribution in [2.45, 2.75) is 19.8 Å². The van der Waals surface area contributed by atoms with Gasteiger partial charge in [0.25, 0.3) is 5.56 Å². The Balaban J connectivity index is 2.95. The fourth-order valence-electron chi connectivity index (χ4n) is 1.75. The van der Waals surface area contributed by atoms with Crippen molar-refractivity contribution in [3.63, 3.8) is 0 Å². The largest absolute Gasteiger partial charge is 0.310 e. The highest BCUT2D eigenvalue weighted by atomic mass is 16.1. The summed E-state index contributed by atoms with van der Waals surface area (Å²) < 4.78 is 1.63. The van der Waals surface area contributed by atoms with Crippen molar-refractivity contribution in [1.29, 1.82) is 0 Å². The van der Waals surface area contributed by atoms with E-state index in [1.807, 2.05) is 12.1 Å². The summed E-state index contributed by atoms with van der Waals surface area (Å²) in [5.41, 5.74) is 2.87. The topological polar surface area (TPSA) is 34.9 Å². The second kappa shape index (κ2) is 3.50. The van der Waals surface area contributed by atoms with E-state index in [4.69, 9.17) is 0 Å². The molecule has 0 radical (unpaired) electrons. The summed E-state index contributed by atoms with van der Waals surface area (Å²) in [6, 6.07) is 5.46. The molecule has 0 bridgehead atoms. The number of hydrogen-bond donors (Lipinski definition) is 0. The van der Waals surface area contributed by atoms with Gasteiger partial charge >= 0.3 is 0 Å². The van der Waals surface area contributed by atoms with Crippen molar-refractivity contribution in [1.82, 2.24) is 9.55 Å². The maximum Gasteiger partial charge on any atom is 0.251 e. The van der Waals surface area contributed by atoms with Gasteiger partial charge in [0.05, 0.1) is 11.0 Å². The van der Waals surface area contributed by atoms with Crippen molar-refractivity contribution < 1.29 is 0 Å². The summed E-state index contributed by atoms with van der Waals surface area (Å²) in [6.45, 7) is 4.14. The fraction of sp³-hybridized carbons (Fsp3) is 0.333. The van der Waals surface area contributed by atoms with Gasteiger partial charge in [0.2, 0.25) is 0 Å². The van der Waals surface area contributed by atoms with Gasteiger partial charge in [-0.2, -0.15) is 0 Å². The zero-order valence-corrected chi connectivity index (χ0v) is 9.19. The fourth-order valence-corrected chi connectivity index (χ4v) is 1.75. The normalized spacial score (nSPS) is 11.2. The first-order valence-corrected chi connectivity index (χ1v) is 5.06. The van der Waals surface area contributed by atoms with Crippen LogP contribution in [0.25, 0.3) is 11.0 Å². The summed E-state index contributed by atoms with van der Waals surface area (Å²) in [7, 11) is 1.77. The van der Waals surface area contributed by atoms with E-state index in [9.17, 15) is 4.79 Å².